The Bertz CT molecular complexity index is 1440. The topological polar surface area (TPSA) is 146 Å². The number of anilines is 1. The number of carbonyl (C=O) groups is 3. The van der Waals surface area contributed by atoms with Gasteiger partial charge in [-0.15, -0.1) is 0 Å². The Kier molecular flexibility index (Phi) is 10.3. The molecule has 0 unspecified atom stereocenters. The molecule has 0 atom stereocenters. The molecule has 3 N–H and O–H groups in total. The number of rotatable bonds is 13. The van der Waals surface area contributed by atoms with Crippen molar-refractivity contribution < 1.29 is 38.2 Å². The molecule has 5 rings (SSSR count). The molecule has 2 heterocycles. The minimum absolute atomic E-state index is 0.0899. The van der Waals surface area contributed by atoms with Crippen LogP contribution in [-0.2, 0) is 20.6 Å². The highest BCUT2D eigenvalue weighted by Crippen LogP contribution is 2.45. The van der Waals surface area contributed by atoms with Gasteiger partial charge in [-0.2, -0.15) is 0 Å². The van der Waals surface area contributed by atoms with E-state index in [0.717, 1.165) is 67.9 Å². The fourth-order valence-corrected chi connectivity index (χ4v) is 7.14. The normalized spacial score (nSPS) is 18.3. The van der Waals surface area contributed by atoms with Gasteiger partial charge in [0.25, 0.3) is 5.91 Å². The molecule has 0 radical (unpaired) electrons. The van der Waals surface area contributed by atoms with Crippen LogP contribution in [0.2, 0.25) is 0 Å². The highest BCUT2D eigenvalue weighted by molar-refractivity contribution is 7.51. The smallest absolute Gasteiger partial charge is 0.338 e. The molecule has 3 fully saturated rings. The van der Waals surface area contributed by atoms with Gasteiger partial charge in [0.05, 0.1) is 19.3 Å². The average Bonchev–Trinajstić information content (AvgIpc) is 3.81. The zero-order chi connectivity index (χ0) is 32.2. The minimum Gasteiger partial charge on any atom is -0.494 e. The lowest BCUT2D eigenvalue weighted by atomic mass is 9.77. The van der Waals surface area contributed by atoms with E-state index in [1.165, 1.54) is 7.11 Å². The van der Waals surface area contributed by atoms with Crippen molar-refractivity contribution in [1.29, 1.82) is 0 Å². The van der Waals surface area contributed by atoms with Crippen LogP contribution < -0.4 is 15.0 Å². The molecule has 2 aliphatic heterocycles. The highest BCUT2D eigenvalue weighted by atomic mass is 31.2. The molecule has 2 aromatic carbocycles. The lowest BCUT2D eigenvalue weighted by molar-refractivity contribution is -0.118. The van der Waals surface area contributed by atoms with Crippen molar-refractivity contribution in [3.8, 4) is 5.75 Å². The van der Waals surface area contributed by atoms with E-state index in [1.54, 1.807) is 24.3 Å². The third-order valence-electron chi connectivity index (χ3n) is 9.19. The van der Waals surface area contributed by atoms with E-state index in [1.807, 2.05) is 17.9 Å². The Morgan fingerprint density at radius 1 is 1.09 bits per heavy atom. The average molecular weight is 642 g/mol. The van der Waals surface area contributed by atoms with Gasteiger partial charge in [-0.1, -0.05) is 0 Å². The molecule has 11 nitrogen and oxygen atoms in total. The number of hydrogen-bond acceptors (Lipinski definition) is 7. The number of amides is 2. The fraction of sp³-hybridized carbons (Fsp3) is 0.545. The van der Waals surface area contributed by atoms with E-state index in [9.17, 15) is 18.9 Å². The van der Waals surface area contributed by atoms with Crippen LogP contribution in [0, 0.1) is 5.41 Å². The molecule has 1 saturated carbocycles. The number of unbranched alkanes of at least 4 members (excludes halogenated alkanes) is 1. The molecule has 0 bridgehead atoms. The quantitative estimate of drug-likeness (QED) is 0.164. The summed E-state index contributed by atoms with van der Waals surface area (Å²) in [6.07, 6.45) is 5.08. The molecule has 2 saturated heterocycles. The van der Waals surface area contributed by atoms with Crippen molar-refractivity contribution in [3.63, 3.8) is 0 Å². The second-order valence-corrected chi connectivity index (χ2v) is 14.4. The number of piperidine rings is 1. The summed E-state index contributed by atoms with van der Waals surface area (Å²) < 4.78 is 22.0. The second kappa shape index (κ2) is 14.0. The van der Waals surface area contributed by atoms with Crippen LogP contribution >= 0.6 is 7.60 Å². The Morgan fingerprint density at radius 3 is 2.42 bits per heavy atom. The predicted octanol–water partition coefficient (Wildman–Crippen LogP) is 4.46. The maximum atomic E-state index is 13.2. The van der Waals surface area contributed by atoms with Gasteiger partial charge in [-0.3, -0.25) is 19.1 Å². The van der Waals surface area contributed by atoms with Crippen LogP contribution in [-0.4, -0.2) is 78.5 Å². The second-order valence-electron chi connectivity index (χ2n) is 12.6. The lowest BCUT2D eigenvalue weighted by Crippen LogP contribution is -2.41. The summed E-state index contributed by atoms with van der Waals surface area (Å²) >= 11 is 0. The highest BCUT2D eigenvalue weighted by Gasteiger charge is 2.45. The SMILES string of the molecule is CCOc1cc(C(=O)OC)c(C2CC2)cc1CN1CCC2(CC1)CC(=O)N(c1ccc(C(=O)NCCCCP(=O)(O)O)cc1)C2. The molecule has 12 heteroatoms. The standard InChI is InChI=1S/C33H44N3O8P/c1-3-44-29-19-28(32(39)43-2)27(23-6-7-23)18-25(29)21-35-15-12-33(13-16-35)20-30(37)36(22-33)26-10-8-24(9-11-26)31(38)34-14-4-5-17-45(40,41)42/h8-11,18-19,23H,3-7,12-17,20-22H2,1-2H3,(H,34,38)(H2,40,41,42). The minimum atomic E-state index is -4.02. The van der Waals surface area contributed by atoms with Gasteiger partial charge in [0, 0.05) is 49.0 Å². The molecular weight excluding hydrogens is 597 g/mol. The van der Waals surface area contributed by atoms with Gasteiger partial charge < -0.3 is 29.5 Å². The first-order valence-corrected chi connectivity index (χ1v) is 17.6. The van der Waals surface area contributed by atoms with Crippen LogP contribution in [0.4, 0.5) is 5.69 Å². The van der Waals surface area contributed by atoms with Gasteiger partial charge >= 0.3 is 13.6 Å². The van der Waals surface area contributed by atoms with Crippen molar-refractivity contribution in [1.82, 2.24) is 10.2 Å². The molecule has 3 aliphatic rings. The van der Waals surface area contributed by atoms with Crippen LogP contribution in [0.1, 0.15) is 89.6 Å². The van der Waals surface area contributed by atoms with Crippen LogP contribution in [0.5, 0.6) is 5.75 Å². The Balaban J connectivity index is 1.16. The van der Waals surface area contributed by atoms with E-state index >= 15 is 0 Å². The van der Waals surface area contributed by atoms with Gasteiger partial charge in [0.1, 0.15) is 5.75 Å². The number of carbonyl (C=O) groups excluding carboxylic acids is 3. The van der Waals surface area contributed by atoms with Crippen LogP contribution in [0.25, 0.3) is 0 Å². The number of hydrogen-bond donors (Lipinski definition) is 3. The summed E-state index contributed by atoms with van der Waals surface area (Å²) in [5.41, 5.74) is 3.88. The molecule has 2 amide bonds. The maximum Gasteiger partial charge on any atom is 0.338 e. The van der Waals surface area contributed by atoms with Gasteiger partial charge in [-0.25, -0.2) is 4.79 Å². The van der Waals surface area contributed by atoms with E-state index in [2.05, 4.69) is 16.3 Å². The third-order valence-corrected chi connectivity index (χ3v) is 10.1. The first-order chi connectivity index (χ1) is 21.5. The molecule has 1 aliphatic carbocycles. The largest absolute Gasteiger partial charge is 0.494 e. The number of methoxy groups -OCH3 is 1. The summed E-state index contributed by atoms with van der Waals surface area (Å²) in [6, 6.07) is 11.0. The molecule has 2 aromatic rings. The summed E-state index contributed by atoms with van der Waals surface area (Å²) in [6.45, 7) is 5.86. The Hall–Kier alpha value is -3.24. The summed E-state index contributed by atoms with van der Waals surface area (Å²) in [5.74, 6) is 0.626. The lowest BCUT2D eigenvalue weighted by Gasteiger charge is -2.39. The Labute approximate surface area is 264 Å². The fourth-order valence-electron chi connectivity index (χ4n) is 6.51. The molecule has 244 valence electrons. The summed E-state index contributed by atoms with van der Waals surface area (Å²) in [5, 5.41) is 2.78. The number of likely N-dealkylation sites (tertiary alicyclic amines) is 1. The molecule has 45 heavy (non-hydrogen) atoms. The van der Waals surface area contributed by atoms with Gasteiger partial charge in [0.2, 0.25) is 5.91 Å². The van der Waals surface area contributed by atoms with Crippen molar-refractivity contribution in [2.24, 2.45) is 5.41 Å². The maximum absolute atomic E-state index is 13.2. The number of nitrogens with zero attached hydrogens (tertiary/aromatic N) is 2. The van der Waals surface area contributed by atoms with Crippen molar-refractivity contribution in [2.75, 3.05) is 51.0 Å². The first kappa shape index (κ1) is 33.1. The van der Waals surface area contributed by atoms with Crippen molar-refractivity contribution in [2.45, 2.75) is 64.3 Å². The van der Waals surface area contributed by atoms with E-state index in [-0.39, 0.29) is 29.4 Å². The van der Waals surface area contributed by atoms with Gasteiger partial charge in [-0.05, 0) is 112 Å². The van der Waals surface area contributed by atoms with E-state index < -0.39 is 7.60 Å². The molecular formula is C33H44N3O8P. The Morgan fingerprint density at radius 2 is 1.80 bits per heavy atom. The number of esters is 1. The number of nitrogens with one attached hydrogen (secondary N) is 1. The first-order valence-electron chi connectivity index (χ1n) is 15.8. The zero-order valence-corrected chi connectivity index (χ0v) is 27.0. The van der Waals surface area contributed by atoms with Crippen LogP contribution in [0.3, 0.4) is 0 Å². The third kappa shape index (κ3) is 8.33. The van der Waals surface area contributed by atoms with E-state index in [0.29, 0.717) is 56.0 Å². The molecule has 1 spiro atoms. The monoisotopic (exact) mass is 641 g/mol. The van der Waals surface area contributed by atoms with Crippen molar-refractivity contribution in [3.05, 3.63) is 58.7 Å². The molecule has 0 aromatic heterocycles. The zero-order valence-electron chi connectivity index (χ0n) is 26.1. The van der Waals surface area contributed by atoms with Crippen molar-refractivity contribution >= 4 is 31.1 Å². The number of ether oxygens (including phenoxy) is 2. The predicted molar refractivity (Wildman–Crippen MR) is 170 cm³/mol. The summed E-state index contributed by atoms with van der Waals surface area (Å²) in [4.78, 5) is 60.3. The summed E-state index contributed by atoms with van der Waals surface area (Å²) in [7, 11) is -2.61. The number of benzene rings is 2. The van der Waals surface area contributed by atoms with Crippen LogP contribution in [0.15, 0.2) is 36.4 Å². The van der Waals surface area contributed by atoms with E-state index in [4.69, 9.17) is 19.3 Å². The van der Waals surface area contributed by atoms with Gasteiger partial charge in [0.15, 0.2) is 0 Å².